The van der Waals surface area contributed by atoms with Gasteiger partial charge in [-0.1, -0.05) is 29.8 Å². The molecule has 0 spiro atoms. The quantitative estimate of drug-likeness (QED) is 0.728. The molecule has 3 aromatic rings. The van der Waals surface area contributed by atoms with E-state index in [4.69, 9.17) is 11.6 Å². The second-order valence-corrected chi connectivity index (χ2v) is 5.98. The van der Waals surface area contributed by atoms with E-state index in [0.717, 1.165) is 46.8 Å². The molecule has 0 amide bonds. The van der Waals surface area contributed by atoms with E-state index in [0.29, 0.717) is 0 Å². The van der Waals surface area contributed by atoms with Crippen LogP contribution < -0.4 is 4.90 Å². The molecule has 1 atom stereocenters. The van der Waals surface area contributed by atoms with Crippen LogP contribution in [0, 0.1) is 0 Å². The summed E-state index contributed by atoms with van der Waals surface area (Å²) < 4.78 is 1.78. The molecule has 1 aliphatic heterocycles. The number of hydrogen-bond donors (Lipinski definition) is 0. The minimum Gasteiger partial charge on any atom is -0.349 e. The number of aryl methyl sites for hydroxylation is 1. The summed E-state index contributed by atoms with van der Waals surface area (Å²) in [6.45, 7) is 0.969. The Morgan fingerprint density at radius 2 is 2.09 bits per heavy atom. The molecule has 3 heterocycles. The van der Waals surface area contributed by atoms with Crippen molar-refractivity contribution in [2.24, 2.45) is 7.05 Å². The molecule has 0 aliphatic carbocycles. The van der Waals surface area contributed by atoms with Gasteiger partial charge in [0.05, 0.1) is 17.6 Å². The van der Waals surface area contributed by atoms with Crippen LogP contribution in [0.2, 0.25) is 5.02 Å². The number of anilines is 1. The van der Waals surface area contributed by atoms with Crippen LogP contribution in [0.4, 0.5) is 5.82 Å². The number of nitrogens with zero attached hydrogens (tertiary/aromatic N) is 5. The Bertz CT molecular complexity index is 828. The van der Waals surface area contributed by atoms with Crippen molar-refractivity contribution in [1.29, 1.82) is 0 Å². The number of rotatable bonds is 2. The van der Waals surface area contributed by atoms with Crippen LogP contribution in [0.3, 0.4) is 0 Å². The Kier molecular flexibility index (Phi) is 3.22. The topological polar surface area (TPSA) is 46.8 Å². The smallest absolute Gasteiger partial charge is 0.163 e. The maximum Gasteiger partial charge on any atom is 0.163 e. The fourth-order valence-corrected chi connectivity index (χ4v) is 3.53. The second kappa shape index (κ2) is 5.25. The lowest BCUT2D eigenvalue weighted by Crippen LogP contribution is -2.24. The van der Waals surface area contributed by atoms with Gasteiger partial charge in [0.25, 0.3) is 0 Å². The van der Waals surface area contributed by atoms with E-state index in [9.17, 15) is 0 Å². The minimum absolute atomic E-state index is 0.256. The van der Waals surface area contributed by atoms with Crippen LogP contribution in [-0.2, 0) is 7.05 Å². The zero-order valence-electron chi connectivity index (χ0n) is 12.3. The second-order valence-electron chi connectivity index (χ2n) is 5.58. The lowest BCUT2D eigenvalue weighted by atomic mass is 10.0. The summed E-state index contributed by atoms with van der Waals surface area (Å²) in [7, 11) is 1.90. The van der Waals surface area contributed by atoms with Crippen LogP contribution in [0.1, 0.15) is 24.4 Å². The molecule has 0 bridgehead atoms. The fourth-order valence-electron chi connectivity index (χ4n) is 3.27. The predicted molar refractivity (Wildman–Crippen MR) is 87.1 cm³/mol. The highest BCUT2D eigenvalue weighted by molar-refractivity contribution is 6.31. The van der Waals surface area contributed by atoms with Gasteiger partial charge < -0.3 is 4.90 Å². The average molecular weight is 314 g/mol. The van der Waals surface area contributed by atoms with Crippen molar-refractivity contribution in [3.63, 3.8) is 0 Å². The molecule has 1 aromatic carbocycles. The number of hydrogen-bond acceptors (Lipinski definition) is 4. The predicted octanol–water partition coefficient (Wildman–Crippen LogP) is 3.36. The van der Waals surface area contributed by atoms with E-state index in [-0.39, 0.29) is 6.04 Å². The van der Waals surface area contributed by atoms with Gasteiger partial charge in [-0.3, -0.25) is 4.68 Å². The molecule has 0 saturated carbocycles. The normalized spacial score (nSPS) is 18.3. The van der Waals surface area contributed by atoms with Crippen molar-refractivity contribution in [3.05, 3.63) is 47.4 Å². The van der Waals surface area contributed by atoms with Crippen molar-refractivity contribution >= 4 is 28.5 Å². The molecule has 0 N–H and O–H groups in total. The van der Waals surface area contributed by atoms with Gasteiger partial charge >= 0.3 is 0 Å². The molecule has 2 aromatic heterocycles. The van der Waals surface area contributed by atoms with Gasteiger partial charge in [-0.25, -0.2) is 9.97 Å². The molecule has 1 aliphatic rings. The SMILES string of the molecule is Cn1ncc2c(N3CCCC3c3ccccc3Cl)ncnc21. The summed E-state index contributed by atoms with van der Waals surface area (Å²) in [5.41, 5.74) is 2.02. The third-order valence-corrected chi connectivity index (χ3v) is 4.64. The molecular formula is C16H16ClN5. The molecule has 0 radical (unpaired) electrons. The maximum atomic E-state index is 6.40. The van der Waals surface area contributed by atoms with E-state index >= 15 is 0 Å². The highest BCUT2D eigenvalue weighted by Crippen LogP contribution is 2.39. The molecule has 1 unspecified atom stereocenters. The monoisotopic (exact) mass is 313 g/mol. The van der Waals surface area contributed by atoms with Gasteiger partial charge in [0.15, 0.2) is 5.65 Å². The summed E-state index contributed by atoms with van der Waals surface area (Å²) in [4.78, 5) is 11.2. The van der Waals surface area contributed by atoms with Crippen molar-refractivity contribution in [2.45, 2.75) is 18.9 Å². The van der Waals surface area contributed by atoms with Gasteiger partial charge in [0.1, 0.15) is 12.1 Å². The highest BCUT2D eigenvalue weighted by Gasteiger charge is 2.30. The Labute approximate surface area is 133 Å². The first-order valence-corrected chi connectivity index (χ1v) is 7.77. The Morgan fingerprint density at radius 3 is 2.95 bits per heavy atom. The maximum absolute atomic E-state index is 6.40. The van der Waals surface area contributed by atoms with Gasteiger partial charge in [0, 0.05) is 18.6 Å². The summed E-state index contributed by atoms with van der Waals surface area (Å²) >= 11 is 6.40. The van der Waals surface area contributed by atoms with Crippen LogP contribution in [-0.4, -0.2) is 26.3 Å². The van der Waals surface area contributed by atoms with Crippen molar-refractivity contribution in [2.75, 3.05) is 11.4 Å². The molecule has 22 heavy (non-hydrogen) atoms. The first kappa shape index (κ1) is 13.5. The third kappa shape index (κ3) is 2.04. The van der Waals surface area contributed by atoms with Crippen LogP contribution in [0.25, 0.3) is 11.0 Å². The van der Waals surface area contributed by atoms with Gasteiger partial charge in [-0.05, 0) is 24.5 Å². The third-order valence-electron chi connectivity index (χ3n) is 4.30. The van der Waals surface area contributed by atoms with Crippen LogP contribution in [0.5, 0.6) is 0 Å². The average Bonchev–Trinajstić information content (AvgIpc) is 3.15. The Balaban J connectivity index is 1.82. The van der Waals surface area contributed by atoms with E-state index in [2.05, 4.69) is 26.0 Å². The van der Waals surface area contributed by atoms with Crippen LogP contribution in [0.15, 0.2) is 36.8 Å². The number of halogens is 1. The molecule has 6 heteroatoms. The zero-order chi connectivity index (χ0) is 15.1. The van der Waals surface area contributed by atoms with E-state index in [1.165, 1.54) is 0 Å². The number of aromatic nitrogens is 4. The lowest BCUT2D eigenvalue weighted by molar-refractivity contribution is 0.713. The van der Waals surface area contributed by atoms with E-state index in [1.807, 2.05) is 31.4 Å². The summed E-state index contributed by atoms with van der Waals surface area (Å²) in [5, 5.41) is 6.11. The van der Waals surface area contributed by atoms with Crippen molar-refractivity contribution < 1.29 is 0 Å². The summed E-state index contributed by atoms with van der Waals surface area (Å²) in [6.07, 6.45) is 5.66. The highest BCUT2D eigenvalue weighted by atomic mass is 35.5. The van der Waals surface area contributed by atoms with Gasteiger partial charge in [0.2, 0.25) is 0 Å². The van der Waals surface area contributed by atoms with E-state index in [1.54, 1.807) is 11.0 Å². The van der Waals surface area contributed by atoms with Crippen LogP contribution >= 0.6 is 11.6 Å². The van der Waals surface area contributed by atoms with Gasteiger partial charge in [-0.2, -0.15) is 5.10 Å². The molecule has 1 saturated heterocycles. The molecule has 4 rings (SSSR count). The standard InChI is InChI=1S/C16H16ClN5/c1-21-15-12(9-20-21)16(19-10-18-15)22-8-4-7-14(22)11-5-2-3-6-13(11)17/h2-3,5-6,9-10,14H,4,7-8H2,1H3. The summed E-state index contributed by atoms with van der Waals surface area (Å²) in [5.74, 6) is 0.945. The zero-order valence-corrected chi connectivity index (χ0v) is 13.0. The molecular weight excluding hydrogens is 298 g/mol. The molecule has 5 nitrogen and oxygen atoms in total. The lowest BCUT2D eigenvalue weighted by Gasteiger charge is -2.27. The largest absolute Gasteiger partial charge is 0.349 e. The Hall–Kier alpha value is -2.14. The molecule has 1 fully saturated rings. The number of benzene rings is 1. The van der Waals surface area contributed by atoms with E-state index < -0.39 is 0 Å². The fraction of sp³-hybridized carbons (Fsp3) is 0.312. The minimum atomic E-state index is 0.256. The Morgan fingerprint density at radius 1 is 1.23 bits per heavy atom. The number of fused-ring (bicyclic) bond motifs is 1. The van der Waals surface area contributed by atoms with Crippen molar-refractivity contribution in [1.82, 2.24) is 19.7 Å². The van der Waals surface area contributed by atoms with Gasteiger partial charge in [-0.15, -0.1) is 0 Å². The first-order valence-electron chi connectivity index (χ1n) is 7.39. The molecule has 112 valence electrons. The van der Waals surface area contributed by atoms with Crippen molar-refractivity contribution in [3.8, 4) is 0 Å². The first-order chi connectivity index (χ1) is 10.8. The summed E-state index contributed by atoms with van der Waals surface area (Å²) in [6, 6.07) is 8.32.